The molecule has 0 saturated carbocycles. The van der Waals surface area contributed by atoms with Crippen molar-refractivity contribution >= 4 is 23.5 Å². The maximum absolute atomic E-state index is 12.7. The third kappa shape index (κ3) is 12.8. The lowest BCUT2D eigenvalue weighted by molar-refractivity contribution is -0.0611. The number of ether oxygens (including phenoxy) is 4. The molecule has 0 bridgehead atoms. The van der Waals surface area contributed by atoms with Crippen LogP contribution in [0.2, 0.25) is 0 Å². The summed E-state index contributed by atoms with van der Waals surface area (Å²) in [7, 11) is 3.34. The number of rotatable bonds is 18. The first kappa shape index (κ1) is 35.5. The Morgan fingerprint density at radius 1 is 0.625 bits per heavy atom. The molecule has 0 radical (unpaired) electrons. The first-order valence-corrected chi connectivity index (χ1v) is 13.7. The van der Waals surface area contributed by atoms with Gasteiger partial charge in [-0.2, -0.15) is 0 Å². The molecule has 0 unspecified atom stereocenters. The molecule has 230 valence electrons. The van der Waals surface area contributed by atoms with E-state index in [2.05, 4.69) is 20.6 Å². The highest BCUT2D eigenvalue weighted by Gasteiger charge is 2.25. The SMILES string of the molecule is COC(C)(C)CCOC(C)(C)CCNC(=O)c1nc(N)c(C(=O)NCCC(C)(C)OCCC(C)(C)OC)nc1N. The van der Waals surface area contributed by atoms with E-state index in [1.165, 1.54) is 0 Å². The highest BCUT2D eigenvalue weighted by atomic mass is 16.5. The van der Waals surface area contributed by atoms with Gasteiger partial charge in [-0.15, -0.1) is 0 Å². The molecule has 0 aliphatic carbocycles. The zero-order valence-corrected chi connectivity index (χ0v) is 26.2. The highest BCUT2D eigenvalue weighted by Crippen LogP contribution is 2.20. The normalized spacial score (nSPS) is 12.8. The molecule has 1 rings (SSSR count). The maximum Gasteiger partial charge on any atom is 0.273 e. The van der Waals surface area contributed by atoms with Gasteiger partial charge >= 0.3 is 0 Å². The van der Waals surface area contributed by atoms with Gasteiger partial charge in [-0.05, 0) is 81.1 Å². The molecule has 6 N–H and O–H groups in total. The summed E-state index contributed by atoms with van der Waals surface area (Å²) in [5.41, 5.74) is 10.2. The molecule has 0 fully saturated rings. The van der Waals surface area contributed by atoms with Crippen LogP contribution in [0.25, 0.3) is 0 Å². The molecule has 0 atom stereocenters. The van der Waals surface area contributed by atoms with Gasteiger partial charge in [-0.1, -0.05) is 0 Å². The standard InChI is InChI=1S/C28H52N6O6/c1-25(2,37-9)13-17-39-27(5,6)11-15-31-23(35)19-21(29)34-20(22(30)33-19)24(36)32-16-12-28(7,8)40-18-14-26(3,4)38-10/h11-18H2,1-10H3,(H2,30,33)(H2,29,34)(H,31,35)(H,32,36). The first-order valence-electron chi connectivity index (χ1n) is 13.7. The molecular formula is C28H52N6O6. The number of hydrogen-bond donors (Lipinski definition) is 4. The predicted octanol–water partition coefficient (Wildman–Crippen LogP) is 3.10. The number of nitrogen functional groups attached to an aromatic ring is 2. The summed E-state index contributed by atoms with van der Waals surface area (Å²) in [4.78, 5) is 33.5. The van der Waals surface area contributed by atoms with Crippen LogP contribution in [0.3, 0.4) is 0 Å². The van der Waals surface area contributed by atoms with Gasteiger partial charge in [0, 0.05) is 27.3 Å². The number of nitrogens with zero attached hydrogens (tertiary/aromatic N) is 2. The summed E-state index contributed by atoms with van der Waals surface area (Å²) < 4.78 is 22.8. The Morgan fingerprint density at radius 2 is 0.950 bits per heavy atom. The number of carbonyl (C=O) groups is 2. The summed E-state index contributed by atoms with van der Waals surface area (Å²) in [6.07, 6.45) is 2.59. The molecule has 0 aromatic carbocycles. The lowest BCUT2D eigenvalue weighted by Gasteiger charge is -2.29. The van der Waals surface area contributed by atoms with Crippen LogP contribution in [-0.2, 0) is 18.9 Å². The van der Waals surface area contributed by atoms with Crippen molar-refractivity contribution in [1.82, 2.24) is 20.6 Å². The third-order valence-electron chi connectivity index (χ3n) is 6.90. The van der Waals surface area contributed by atoms with Crippen molar-refractivity contribution in [2.45, 2.75) is 103 Å². The second-order valence-electron chi connectivity index (χ2n) is 12.3. The van der Waals surface area contributed by atoms with Gasteiger partial charge in [0.05, 0.1) is 35.6 Å². The summed E-state index contributed by atoms with van der Waals surface area (Å²) in [5.74, 6) is -1.43. The Hall–Kier alpha value is -2.54. The van der Waals surface area contributed by atoms with Gasteiger partial charge in [0.1, 0.15) is 0 Å². The molecule has 0 aliphatic heterocycles. The molecule has 40 heavy (non-hydrogen) atoms. The molecular weight excluding hydrogens is 516 g/mol. The molecule has 0 spiro atoms. The molecule has 1 aromatic rings. The van der Waals surface area contributed by atoms with E-state index in [1.54, 1.807) is 14.2 Å². The van der Waals surface area contributed by atoms with E-state index in [4.69, 9.17) is 30.4 Å². The fraction of sp³-hybridized carbons (Fsp3) is 0.786. The van der Waals surface area contributed by atoms with Crippen molar-refractivity contribution in [3.05, 3.63) is 11.4 Å². The van der Waals surface area contributed by atoms with Crippen LogP contribution in [0.5, 0.6) is 0 Å². The number of nitrogens with two attached hydrogens (primary N) is 2. The Kier molecular flexibility index (Phi) is 13.2. The van der Waals surface area contributed by atoms with Crippen LogP contribution in [0.4, 0.5) is 11.6 Å². The molecule has 12 heteroatoms. The van der Waals surface area contributed by atoms with Gasteiger partial charge in [0.25, 0.3) is 11.8 Å². The minimum Gasteiger partial charge on any atom is -0.382 e. The van der Waals surface area contributed by atoms with Crippen molar-refractivity contribution in [1.29, 1.82) is 0 Å². The smallest absolute Gasteiger partial charge is 0.273 e. The van der Waals surface area contributed by atoms with E-state index in [0.29, 0.717) is 39.1 Å². The van der Waals surface area contributed by atoms with E-state index in [-0.39, 0.29) is 34.2 Å². The minimum absolute atomic E-state index is 0.136. The summed E-state index contributed by atoms with van der Waals surface area (Å²) in [5, 5.41) is 5.53. The van der Waals surface area contributed by atoms with Crippen LogP contribution >= 0.6 is 0 Å². The van der Waals surface area contributed by atoms with Gasteiger partial charge in [0.2, 0.25) is 0 Å². The average molecular weight is 569 g/mol. The zero-order valence-electron chi connectivity index (χ0n) is 26.2. The van der Waals surface area contributed by atoms with Crippen LogP contribution in [-0.4, -0.2) is 84.7 Å². The zero-order chi connectivity index (χ0) is 30.8. The Bertz CT molecular complexity index is 903. The molecule has 1 aromatic heterocycles. The topological polar surface area (TPSA) is 173 Å². The van der Waals surface area contributed by atoms with Gasteiger partial charge in [0.15, 0.2) is 23.0 Å². The van der Waals surface area contributed by atoms with Crippen molar-refractivity contribution in [2.75, 3.05) is 52.0 Å². The van der Waals surface area contributed by atoms with E-state index >= 15 is 0 Å². The lowest BCUT2D eigenvalue weighted by Crippen LogP contribution is -2.36. The van der Waals surface area contributed by atoms with Crippen molar-refractivity contribution in [2.24, 2.45) is 0 Å². The summed E-state index contributed by atoms with van der Waals surface area (Å²) >= 11 is 0. The number of carbonyl (C=O) groups excluding carboxylic acids is 2. The molecule has 12 nitrogen and oxygen atoms in total. The molecule has 0 saturated heterocycles. The van der Waals surface area contributed by atoms with E-state index in [0.717, 1.165) is 12.8 Å². The average Bonchev–Trinajstić information content (AvgIpc) is 2.84. The van der Waals surface area contributed by atoms with Crippen LogP contribution in [0.1, 0.15) is 102 Å². The fourth-order valence-electron chi connectivity index (χ4n) is 3.41. The second-order valence-corrected chi connectivity index (χ2v) is 12.3. The van der Waals surface area contributed by atoms with E-state index in [9.17, 15) is 9.59 Å². The number of nitrogens with one attached hydrogen (secondary N) is 2. The quantitative estimate of drug-likeness (QED) is 0.206. The minimum atomic E-state index is -0.532. The van der Waals surface area contributed by atoms with Crippen LogP contribution in [0, 0.1) is 0 Å². The fourth-order valence-corrected chi connectivity index (χ4v) is 3.41. The van der Waals surface area contributed by atoms with Gasteiger partial charge in [-0.3, -0.25) is 9.59 Å². The first-order chi connectivity index (χ1) is 18.3. The highest BCUT2D eigenvalue weighted by molar-refractivity contribution is 6.00. The number of anilines is 2. The number of aromatic nitrogens is 2. The van der Waals surface area contributed by atoms with Crippen LogP contribution in [0.15, 0.2) is 0 Å². The molecule has 2 amide bonds. The van der Waals surface area contributed by atoms with Gasteiger partial charge in [-0.25, -0.2) is 9.97 Å². The number of amides is 2. The number of methoxy groups -OCH3 is 2. The monoisotopic (exact) mass is 568 g/mol. The lowest BCUT2D eigenvalue weighted by atomic mass is 10.0. The van der Waals surface area contributed by atoms with E-state index < -0.39 is 23.0 Å². The molecule has 1 heterocycles. The summed E-state index contributed by atoms with van der Waals surface area (Å²) in [6, 6.07) is 0. The summed E-state index contributed by atoms with van der Waals surface area (Å²) in [6.45, 7) is 17.5. The van der Waals surface area contributed by atoms with Gasteiger partial charge < -0.3 is 41.0 Å². The maximum atomic E-state index is 12.7. The number of hydrogen-bond acceptors (Lipinski definition) is 10. The Balaban J connectivity index is 2.60. The predicted molar refractivity (Wildman–Crippen MR) is 156 cm³/mol. The van der Waals surface area contributed by atoms with Crippen molar-refractivity contribution < 1.29 is 28.5 Å². The largest absolute Gasteiger partial charge is 0.382 e. The van der Waals surface area contributed by atoms with Crippen molar-refractivity contribution in [3.63, 3.8) is 0 Å². The molecule has 0 aliphatic rings. The Labute approximate surface area is 239 Å². The van der Waals surface area contributed by atoms with Crippen LogP contribution < -0.4 is 22.1 Å². The Morgan fingerprint density at radius 3 is 1.25 bits per heavy atom. The third-order valence-corrected chi connectivity index (χ3v) is 6.90. The second kappa shape index (κ2) is 14.9. The van der Waals surface area contributed by atoms with E-state index in [1.807, 2.05) is 55.4 Å². The van der Waals surface area contributed by atoms with Crippen molar-refractivity contribution in [3.8, 4) is 0 Å².